The summed E-state index contributed by atoms with van der Waals surface area (Å²) in [6.45, 7) is 5.07. The van der Waals surface area contributed by atoms with Crippen molar-refractivity contribution in [2.75, 3.05) is 12.3 Å². The first kappa shape index (κ1) is 17.5. The van der Waals surface area contributed by atoms with Crippen molar-refractivity contribution in [1.29, 1.82) is 0 Å². The van der Waals surface area contributed by atoms with E-state index in [2.05, 4.69) is 25.4 Å². The second-order valence-corrected chi connectivity index (χ2v) is 5.92. The van der Waals surface area contributed by atoms with Crippen LogP contribution in [-0.4, -0.2) is 37.2 Å². The number of anilines is 1. The summed E-state index contributed by atoms with van der Waals surface area (Å²) in [6, 6.07) is 8.76. The van der Waals surface area contributed by atoms with Gasteiger partial charge in [-0.1, -0.05) is 12.1 Å². The summed E-state index contributed by atoms with van der Waals surface area (Å²) < 4.78 is 1.85. The van der Waals surface area contributed by atoms with E-state index in [0.717, 1.165) is 30.2 Å². The van der Waals surface area contributed by atoms with Gasteiger partial charge in [0.15, 0.2) is 5.82 Å². The number of aryl methyl sites for hydroxylation is 3. The molecule has 2 heterocycles. The molecule has 3 rings (SSSR count). The minimum absolute atomic E-state index is 0.114. The summed E-state index contributed by atoms with van der Waals surface area (Å²) in [4.78, 5) is 24.8. The molecule has 3 aromatic rings. The summed E-state index contributed by atoms with van der Waals surface area (Å²) in [5.41, 5.74) is 7.07. The van der Waals surface area contributed by atoms with Crippen molar-refractivity contribution in [2.24, 2.45) is 0 Å². The summed E-state index contributed by atoms with van der Waals surface area (Å²) in [5, 5.41) is 7.21. The number of rotatable bonds is 6. The Labute approximate surface area is 151 Å². The molecule has 0 radical (unpaired) electrons. The number of nitrogens with zero attached hydrogens (tertiary/aromatic N) is 5. The number of amides is 1. The molecule has 8 heteroatoms. The van der Waals surface area contributed by atoms with E-state index in [1.165, 1.54) is 0 Å². The quantitative estimate of drug-likeness (QED) is 0.655. The maximum atomic E-state index is 12.2. The number of aromatic nitrogens is 5. The van der Waals surface area contributed by atoms with Crippen LogP contribution in [0.2, 0.25) is 0 Å². The van der Waals surface area contributed by atoms with Crippen molar-refractivity contribution in [3.05, 3.63) is 53.7 Å². The SMILES string of the molecule is Cc1nc(C)n(CCCNC(=O)c2ccc(-c3nccc(N)n3)cc2)n1. The van der Waals surface area contributed by atoms with Crippen molar-refractivity contribution >= 4 is 11.7 Å². The molecular formula is C18H21N7O. The van der Waals surface area contributed by atoms with Crippen molar-refractivity contribution in [3.63, 3.8) is 0 Å². The summed E-state index contributed by atoms with van der Waals surface area (Å²) in [6.07, 6.45) is 2.39. The molecule has 0 aliphatic heterocycles. The van der Waals surface area contributed by atoms with Gasteiger partial charge in [-0.15, -0.1) is 0 Å². The number of benzene rings is 1. The standard InChI is InChI=1S/C18H21N7O/c1-12-22-13(2)25(24-12)11-3-9-21-18(26)15-6-4-14(5-7-15)17-20-10-8-16(19)23-17/h4-8,10H,3,9,11H2,1-2H3,(H,21,26)(H2,19,20,23). The van der Waals surface area contributed by atoms with Crippen molar-refractivity contribution in [1.82, 2.24) is 30.0 Å². The summed E-state index contributed by atoms with van der Waals surface area (Å²) in [5.74, 6) is 2.48. The predicted octanol–water partition coefficient (Wildman–Crippen LogP) is 1.75. The molecule has 0 aliphatic carbocycles. The lowest BCUT2D eigenvalue weighted by Crippen LogP contribution is -2.25. The molecule has 134 valence electrons. The maximum absolute atomic E-state index is 12.2. The molecule has 0 unspecified atom stereocenters. The molecule has 26 heavy (non-hydrogen) atoms. The van der Waals surface area contributed by atoms with E-state index in [0.29, 0.717) is 23.8 Å². The van der Waals surface area contributed by atoms with Crippen LogP contribution in [0.1, 0.15) is 28.4 Å². The Bertz CT molecular complexity index is 902. The molecule has 0 spiro atoms. The molecule has 0 saturated carbocycles. The molecule has 0 bridgehead atoms. The Morgan fingerprint density at radius 2 is 1.92 bits per heavy atom. The number of carbonyl (C=O) groups is 1. The topological polar surface area (TPSA) is 112 Å². The van der Waals surface area contributed by atoms with E-state index in [-0.39, 0.29) is 5.91 Å². The Morgan fingerprint density at radius 3 is 2.58 bits per heavy atom. The number of hydrogen-bond donors (Lipinski definition) is 2. The minimum Gasteiger partial charge on any atom is -0.384 e. The van der Waals surface area contributed by atoms with Crippen LogP contribution in [0, 0.1) is 13.8 Å². The molecule has 2 aromatic heterocycles. The van der Waals surface area contributed by atoms with E-state index in [4.69, 9.17) is 5.73 Å². The Kier molecular flexibility index (Phi) is 5.21. The molecule has 1 aromatic carbocycles. The molecule has 0 atom stereocenters. The third-order valence-electron chi connectivity index (χ3n) is 3.88. The molecule has 8 nitrogen and oxygen atoms in total. The van der Waals surface area contributed by atoms with Crippen molar-refractivity contribution in [3.8, 4) is 11.4 Å². The first-order valence-corrected chi connectivity index (χ1v) is 8.38. The van der Waals surface area contributed by atoms with Crippen molar-refractivity contribution < 1.29 is 4.79 Å². The molecule has 3 N–H and O–H groups in total. The summed E-state index contributed by atoms with van der Waals surface area (Å²) in [7, 11) is 0. The lowest BCUT2D eigenvalue weighted by Gasteiger charge is -2.07. The van der Waals surface area contributed by atoms with E-state index >= 15 is 0 Å². The van der Waals surface area contributed by atoms with Crippen LogP contribution in [0.5, 0.6) is 0 Å². The van der Waals surface area contributed by atoms with Crippen LogP contribution < -0.4 is 11.1 Å². The highest BCUT2D eigenvalue weighted by molar-refractivity contribution is 5.94. The average Bonchev–Trinajstić information content (AvgIpc) is 2.96. The molecule has 1 amide bonds. The van der Waals surface area contributed by atoms with E-state index in [1.807, 2.05) is 30.7 Å². The van der Waals surface area contributed by atoms with Crippen LogP contribution in [0.4, 0.5) is 5.82 Å². The van der Waals surface area contributed by atoms with Crippen LogP contribution in [0.15, 0.2) is 36.5 Å². The molecular weight excluding hydrogens is 330 g/mol. The van der Waals surface area contributed by atoms with Gasteiger partial charge in [-0.25, -0.2) is 15.0 Å². The van der Waals surface area contributed by atoms with Crippen LogP contribution >= 0.6 is 0 Å². The largest absolute Gasteiger partial charge is 0.384 e. The predicted molar refractivity (Wildman–Crippen MR) is 98.3 cm³/mol. The zero-order valence-corrected chi connectivity index (χ0v) is 14.8. The lowest BCUT2D eigenvalue weighted by molar-refractivity contribution is 0.0952. The number of nitrogens with two attached hydrogens (primary N) is 1. The maximum Gasteiger partial charge on any atom is 0.251 e. The number of hydrogen-bond acceptors (Lipinski definition) is 6. The van der Waals surface area contributed by atoms with Gasteiger partial charge in [0.2, 0.25) is 0 Å². The van der Waals surface area contributed by atoms with Gasteiger partial charge in [-0.05, 0) is 38.5 Å². The zero-order valence-electron chi connectivity index (χ0n) is 14.8. The monoisotopic (exact) mass is 351 g/mol. The van der Waals surface area contributed by atoms with Gasteiger partial charge >= 0.3 is 0 Å². The second kappa shape index (κ2) is 7.73. The Morgan fingerprint density at radius 1 is 1.15 bits per heavy atom. The normalized spacial score (nSPS) is 10.7. The third kappa shape index (κ3) is 4.21. The Balaban J connectivity index is 1.52. The van der Waals surface area contributed by atoms with Crippen LogP contribution in [-0.2, 0) is 6.54 Å². The van der Waals surface area contributed by atoms with Crippen LogP contribution in [0.25, 0.3) is 11.4 Å². The van der Waals surface area contributed by atoms with Gasteiger partial charge in [0.1, 0.15) is 17.5 Å². The number of nitrogens with one attached hydrogen (secondary N) is 1. The van der Waals surface area contributed by atoms with Crippen molar-refractivity contribution in [2.45, 2.75) is 26.8 Å². The van der Waals surface area contributed by atoms with E-state index < -0.39 is 0 Å². The van der Waals surface area contributed by atoms with Crippen LogP contribution in [0.3, 0.4) is 0 Å². The molecule has 0 aliphatic rings. The third-order valence-corrected chi connectivity index (χ3v) is 3.88. The fourth-order valence-electron chi connectivity index (χ4n) is 2.59. The molecule has 0 saturated heterocycles. The number of carbonyl (C=O) groups excluding carboxylic acids is 1. The zero-order chi connectivity index (χ0) is 18.5. The average molecular weight is 351 g/mol. The first-order valence-electron chi connectivity index (χ1n) is 8.38. The Hall–Kier alpha value is -3.29. The number of nitrogen functional groups attached to an aromatic ring is 1. The second-order valence-electron chi connectivity index (χ2n) is 5.92. The fraction of sp³-hybridized carbons (Fsp3) is 0.278. The highest BCUT2D eigenvalue weighted by Crippen LogP contribution is 2.16. The first-order chi connectivity index (χ1) is 12.5. The van der Waals surface area contributed by atoms with Gasteiger partial charge < -0.3 is 11.1 Å². The minimum atomic E-state index is -0.114. The van der Waals surface area contributed by atoms with Gasteiger partial charge in [-0.2, -0.15) is 5.10 Å². The van der Waals surface area contributed by atoms with Gasteiger partial charge in [0.05, 0.1) is 0 Å². The highest BCUT2D eigenvalue weighted by atomic mass is 16.1. The highest BCUT2D eigenvalue weighted by Gasteiger charge is 2.07. The summed E-state index contributed by atoms with van der Waals surface area (Å²) >= 11 is 0. The van der Waals surface area contributed by atoms with E-state index in [9.17, 15) is 4.79 Å². The fourth-order valence-corrected chi connectivity index (χ4v) is 2.59. The smallest absolute Gasteiger partial charge is 0.251 e. The van der Waals surface area contributed by atoms with Gasteiger partial charge in [0, 0.05) is 30.4 Å². The lowest BCUT2D eigenvalue weighted by atomic mass is 10.1. The van der Waals surface area contributed by atoms with Gasteiger partial charge in [-0.3, -0.25) is 9.48 Å². The van der Waals surface area contributed by atoms with E-state index in [1.54, 1.807) is 24.4 Å². The van der Waals surface area contributed by atoms with Gasteiger partial charge in [0.25, 0.3) is 5.91 Å². The molecule has 0 fully saturated rings.